The minimum atomic E-state index is 1.05. The van der Waals surface area contributed by atoms with Gasteiger partial charge < -0.3 is 4.90 Å². The number of hydrogen-bond donors (Lipinski definition) is 0. The van der Waals surface area contributed by atoms with E-state index in [1.54, 1.807) is 0 Å². The van der Waals surface area contributed by atoms with Crippen molar-refractivity contribution >= 4 is 17.1 Å². The van der Waals surface area contributed by atoms with E-state index >= 15 is 0 Å². The van der Waals surface area contributed by atoms with Crippen molar-refractivity contribution in [2.24, 2.45) is 4.99 Å². The van der Waals surface area contributed by atoms with Crippen LogP contribution in [0.4, 0.5) is 11.4 Å². The van der Waals surface area contributed by atoms with Crippen LogP contribution in [0.15, 0.2) is 41.4 Å². The van der Waals surface area contributed by atoms with Crippen LogP contribution >= 0.6 is 0 Å². The Hall–Kier alpha value is -2.09. The number of nitrogens with zero attached hydrogens (tertiary/aromatic N) is 2. The molecule has 2 rings (SSSR count). The van der Waals surface area contributed by atoms with Crippen molar-refractivity contribution in [3.8, 4) is 0 Å². The number of rotatable bonds is 3. The van der Waals surface area contributed by atoms with E-state index in [9.17, 15) is 0 Å². The minimum Gasteiger partial charge on any atom is -0.378 e. The molecule has 0 saturated carbocycles. The number of anilines is 1. The molecule has 21 heavy (non-hydrogen) atoms. The lowest BCUT2D eigenvalue weighted by atomic mass is 10.0. The Morgan fingerprint density at radius 1 is 0.905 bits per heavy atom. The van der Waals surface area contributed by atoms with Crippen LogP contribution < -0.4 is 4.90 Å². The Labute approximate surface area is 128 Å². The highest BCUT2D eigenvalue weighted by Crippen LogP contribution is 2.26. The highest BCUT2D eigenvalue weighted by molar-refractivity contribution is 6.00. The van der Waals surface area contributed by atoms with Crippen LogP contribution in [0.5, 0.6) is 0 Å². The van der Waals surface area contributed by atoms with Crippen LogP contribution in [0.3, 0.4) is 0 Å². The van der Waals surface area contributed by atoms with Gasteiger partial charge in [-0.25, -0.2) is 0 Å². The fraction of sp³-hybridized carbons (Fsp3) is 0.316. The van der Waals surface area contributed by atoms with E-state index in [1.165, 1.54) is 27.9 Å². The van der Waals surface area contributed by atoms with Gasteiger partial charge in [-0.3, -0.25) is 4.99 Å². The smallest absolute Gasteiger partial charge is 0.0691 e. The first-order valence-corrected chi connectivity index (χ1v) is 7.29. The van der Waals surface area contributed by atoms with E-state index in [1.807, 2.05) is 0 Å². The molecular formula is C19H24N2. The lowest BCUT2D eigenvalue weighted by Crippen LogP contribution is -2.08. The molecule has 0 radical (unpaired) electrons. The second-order valence-electron chi connectivity index (χ2n) is 5.89. The molecule has 2 aromatic carbocycles. The van der Waals surface area contributed by atoms with Gasteiger partial charge in [0.2, 0.25) is 0 Å². The Morgan fingerprint density at radius 3 is 1.90 bits per heavy atom. The predicted octanol–water partition coefficient (Wildman–Crippen LogP) is 4.82. The van der Waals surface area contributed by atoms with Crippen molar-refractivity contribution in [1.82, 2.24) is 0 Å². The zero-order valence-corrected chi connectivity index (χ0v) is 13.9. The van der Waals surface area contributed by atoms with Crippen molar-refractivity contribution in [3.05, 3.63) is 58.7 Å². The quantitative estimate of drug-likeness (QED) is 0.736. The first-order chi connectivity index (χ1) is 9.88. The molecule has 0 N–H and O–H groups in total. The average molecular weight is 280 g/mol. The SMILES string of the molecule is CC(=Nc1c(C)cc(C)cc1C)c1ccc(N(C)C)cc1. The van der Waals surface area contributed by atoms with Crippen LogP contribution in [0.25, 0.3) is 0 Å². The van der Waals surface area contributed by atoms with Gasteiger partial charge in [-0.1, -0.05) is 29.8 Å². The van der Waals surface area contributed by atoms with E-state index in [0.29, 0.717) is 0 Å². The predicted molar refractivity (Wildman–Crippen MR) is 93.3 cm³/mol. The highest BCUT2D eigenvalue weighted by Gasteiger charge is 2.05. The number of aliphatic imine (C=N–C) groups is 1. The van der Waals surface area contributed by atoms with Crippen molar-refractivity contribution in [2.45, 2.75) is 27.7 Å². The summed E-state index contributed by atoms with van der Waals surface area (Å²) < 4.78 is 0. The van der Waals surface area contributed by atoms with Crippen LogP contribution in [-0.4, -0.2) is 19.8 Å². The first-order valence-electron chi connectivity index (χ1n) is 7.29. The van der Waals surface area contributed by atoms with E-state index in [4.69, 9.17) is 4.99 Å². The molecule has 0 fully saturated rings. The van der Waals surface area contributed by atoms with Gasteiger partial charge in [0, 0.05) is 25.5 Å². The van der Waals surface area contributed by atoms with Crippen molar-refractivity contribution in [3.63, 3.8) is 0 Å². The summed E-state index contributed by atoms with van der Waals surface area (Å²) in [6.07, 6.45) is 0. The molecule has 0 heterocycles. The molecule has 0 atom stereocenters. The molecule has 0 aromatic heterocycles. The van der Waals surface area contributed by atoms with Gasteiger partial charge in [0.15, 0.2) is 0 Å². The average Bonchev–Trinajstić information content (AvgIpc) is 2.42. The lowest BCUT2D eigenvalue weighted by Gasteiger charge is -2.13. The summed E-state index contributed by atoms with van der Waals surface area (Å²) in [5.41, 5.74) is 8.27. The summed E-state index contributed by atoms with van der Waals surface area (Å²) in [4.78, 5) is 6.95. The topological polar surface area (TPSA) is 15.6 Å². The molecule has 0 saturated heterocycles. The maximum absolute atomic E-state index is 4.85. The van der Waals surface area contributed by atoms with E-state index in [-0.39, 0.29) is 0 Å². The van der Waals surface area contributed by atoms with Crippen molar-refractivity contribution < 1.29 is 0 Å². The van der Waals surface area contributed by atoms with Gasteiger partial charge >= 0.3 is 0 Å². The van der Waals surface area contributed by atoms with Gasteiger partial charge in [-0.05, 0) is 56.5 Å². The van der Waals surface area contributed by atoms with Gasteiger partial charge in [0.05, 0.1) is 5.69 Å². The molecule has 2 heteroatoms. The summed E-state index contributed by atoms with van der Waals surface area (Å²) in [5.74, 6) is 0. The largest absolute Gasteiger partial charge is 0.378 e. The van der Waals surface area contributed by atoms with E-state index in [0.717, 1.165) is 11.4 Å². The maximum Gasteiger partial charge on any atom is 0.0691 e. The van der Waals surface area contributed by atoms with Gasteiger partial charge in [0.1, 0.15) is 0 Å². The molecule has 0 spiro atoms. The Morgan fingerprint density at radius 2 is 1.43 bits per heavy atom. The molecule has 0 aliphatic rings. The molecule has 2 aromatic rings. The summed E-state index contributed by atoms with van der Waals surface area (Å²) in [6, 6.07) is 12.9. The Bertz CT molecular complexity index is 641. The molecule has 0 aliphatic heterocycles. The number of benzene rings is 2. The molecule has 0 unspecified atom stereocenters. The summed E-state index contributed by atoms with van der Waals surface area (Å²) in [7, 11) is 4.10. The first kappa shape index (κ1) is 15.3. The zero-order chi connectivity index (χ0) is 15.6. The number of hydrogen-bond acceptors (Lipinski definition) is 2. The van der Waals surface area contributed by atoms with E-state index in [2.05, 4.69) is 83.1 Å². The summed E-state index contributed by atoms with van der Waals surface area (Å²) in [6.45, 7) is 8.45. The third kappa shape index (κ3) is 3.52. The highest BCUT2D eigenvalue weighted by atomic mass is 15.1. The van der Waals surface area contributed by atoms with Gasteiger partial charge in [-0.15, -0.1) is 0 Å². The summed E-state index contributed by atoms with van der Waals surface area (Å²) in [5, 5.41) is 0. The molecule has 0 bridgehead atoms. The standard InChI is InChI=1S/C19H24N2/c1-13-11-14(2)19(15(3)12-13)20-16(4)17-7-9-18(10-8-17)21(5)6/h7-12H,1-6H3. The van der Waals surface area contributed by atoms with Crippen LogP contribution in [0.1, 0.15) is 29.2 Å². The minimum absolute atomic E-state index is 1.05. The fourth-order valence-electron chi connectivity index (χ4n) is 2.58. The second-order valence-corrected chi connectivity index (χ2v) is 5.89. The van der Waals surface area contributed by atoms with Crippen LogP contribution in [0, 0.1) is 20.8 Å². The molecule has 110 valence electrons. The maximum atomic E-state index is 4.85. The molecule has 0 amide bonds. The van der Waals surface area contributed by atoms with Crippen molar-refractivity contribution in [1.29, 1.82) is 0 Å². The van der Waals surface area contributed by atoms with Gasteiger partial charge in [-0.2, -0.15) is 0 Å². The van der Waals surface area contributed by atoms with Crippen LogP contribution in [0.2, 0.25) is 0 Å². The monoisotopic (exact) mass is 280 g/mol. The lowest BCUT2D eigenvalue weighted by molar-refractivity contribution is 1.13. The van der Waals surface area contributed by atoms with Crippen molar-refractivity contribution in [2.75, 3.05) is 19.0 Å². The van der Waals surface area contributed by atoms with E-state index < -0.39 is 0 Å². The third-order valence-corrected chi connectivity index (χ3v) is 3.72. The Kier molecular flexibility index (Phi) is 4.46. The third-order valence-electron chi connectivity index (χ3n) is 3.72. The fourth-order valence-corrected chi connectivity index (χ4v) is 2.58. The van der Waals surface area contributed by atoms with Gasteiger partial charge in [0.25, 0.3) is 0 Å². The number of aryl methyl sites for hydroxylation is 3. The normalized spacial score (nSPS) is 11.6. The Balaban J connectivity index is 2.37. The van der Waals surface area contributed by atoms with Crippen LogP contribution in [-0.2, 0) is 0 Å². The summed E-state index contributed by atoms with van der Waals surface area (Å²) >= 11 is 0. The zero-order valence-electron chi connectivity index (χ0n) is 13.9. The second kappa shape index (κ2) is 6.13. The molecular weight excluding hydrogens is 256 g/mol. The molecule has 0 aliphatic carbocycles. The molecule has 2 nitrogen and oxygen atoms in total.